The summed E-state index contributed by atoms with van der Waals surface area (Å²) >= 11 is 5.81. The van der Waals surface area contributed by atoms with Gasteiger partial charge in [0.2, 0.25) is 5.71 Å². The molecular formula is C13H14ClN3O. The molecule has 1 aromatic rings. The Bertz CT molecular complexity index is 524. The quantitative estimate of drug-likeness (QED) is 0.672. The van der Waals surface area contributed by atoms with Gasteiger partial charge in [-0.3, -0.25) is 10.2 Å². The number of anilines is 1. The number of nitriles is 1. The Balaban J connectivity index is 2.89. The fraction of sp³-hybridized carbons (Fsp3) is 0.308. The summed E-state index contributed by atoms with van der Waals surface area (Å²) in [5.74, 6) is -0.306. The maximum atomic E-state index is 11.9. The Hall–Kier alpha value is -1.86. The van der Waals surface area contributed by atoms with Gasteiger partial charge in [0.05, 0.1) is 5.69 Å². The lowest BCUT2D eigenvalue weighted by Gasteiger charge is -2.14. The Kier molecular flexibility index (Phi) is 4.46. The number of ketones is 1. The monoisotopic (exact) mass is 263 g/mol. The molecule has 0 amide bonds. The van der Waals surface area contributed by atoms with Gasteiger partial charge in [-0.25, -0.2) is 0 Å². The summed E-state index contributed by atoms with van der Waals surface area (Å²) < 4.78 is 0. The highest BCUT2D eigenvalue weighted by molar-refractivity contribution is 6.47. The molecule has 94 valence electrons. The number of carbonyl (C=O) groups excluding carboxylic acids is 1. The number of hydrazone groups is 1. The van der Waals surface area contributed by atoms with Crippen LogP contribution in [0, 0.1) is 16.7 Å². The van der Waals surface area contributed by atoms with Crippen LogP contribution in [0.25, 0.3) is 0 Å². The van der Waals surface area contributed by atoms with Crippen LogP contribution >= 0.6 is 11.6 Å². The number of hydrogen-bond donors (Lipinski definition) is 1. The van der Waals surface area contributed by atoms with Crippen molar-refractivity contribution in [1.29, 1.82) is 5.26 Å². The van der Waals surface area contributed by atoms with Gasteiger partial charge < -0.3 is 0 Å². The topological polar surface area (TPSA) is 65.2 Å². The van der Waals surface area contributed by atoms with Crippen LogP contribution < -0.4 is 5.43 Å². The third-order valence-electron chi connectivity index (χ3n) is 2.12. The average molecular weight is 264 g/mol. The molecule has 0 radical (unpaired) electrons. The molecule has 0 atom stereocenters. The zero-order valence-electron chi connectivity index (χ0n) is 10.5. The van der Waals surface area contributed by atoms with Gasteiger partial charge >= 0.3 is 0 Å². The molecule has 0 aliphatic carbocycles. The summed E-state index contributed by atoms with van der Waals surface area (Å²) in [7, 11) is 0. The number of halogens is 1. The van der Waals surface area contributed by atoms with Crippen molar-refractivity contribution in [2.24, 2.45) is 10.5 Å². The third-order valence-corrected chi connectivity index (χ3v) is 2.36. The normalized spacial score (nSPS) is 11.8. The van der Waals surface area contributed by atoms with Crippen molar-refractivity contribution in [3.8, 4) is 6.07 Å². The van der Waals surface area contributed by atoms with E-state index in [2.05, 4.69) is 10.5 Å². The van der Waals surface area contributed by atoms with Gasteiger partial charge in [-0.15, -0.1) is 0 Å². The van der Waals surface area contributed by atoms with Gasteiger partial charge in [0.1, 0.15) is 6.07 Å². The van der Waals surface area contributed by atoms with Crippen molar-refractivity contribution < 1.29 is 4.79 Å². The number of hydrogen-bond acceptors (Lipinski definition) is 4. The van der Waals surface area contributed by atoms with Crippen molar-refractivity contribution in [2.75, 3.05) is 5.43 Å². The molecule has 0 aliphatic heterocycles. The Labute approximate surface area is 111 Å². The average Bonchev–Trinajstić information content (AvgIpc) is 2.28. The molecule has 0 saturated heterocycles. The lowest BCUT2D eigenvalue weighted by molar-refractivity contribution is -0.119. The predicted molar refractivity (Wildman–Crippen MR) is 72.6 cm³/mol. The van der Waals surface area contributed by atoms with Gasteiger partial charge in [0.15, 0.2) is 5.78 Å². The van der Waals surface area contributed by atoms with E-state index in [-0.39, 0.29) is 11.5 Å². The lowest BCUT2D eigenvalue weighted by Crippen LogP contribution is -2.28. The van der Waals surface area contributed by atoms with Crippen LogP contribution in [0.15, 0.2) is 29.4 Å². The van der Waals surface area contributed by atoms with Crippen molar-refractivity contribution in [2.45, 2.75) is 20.8 Å². The lowest BCUT2D eigenvalue weighted by atomic mass is 9.88. The van der Waals surface area contributed by atoms with Gasteiger partial charge in [-0.1, -0.05) is 38.4 Å². The zero-order valence-corrected chi connectivity index (χ0v) is 11.2. The molecule has 0 unspecified atom stereocenters. The van der Waals surface area contributed by atoms with Crippen LogP contribution in [0.2, 0.25) is 5.02 Å². The highest BCUT2D eigenvalue weighted by Crippen LogP contribution is 2.17. The van der Waals surface area contributed by atoms with E-state index in [0.29, 0.717) is 10.7 Å². The van der Waals surface area contributed by atoms with Crippen LogP contribution in [-0.4, -0.2) is 11.5 Å². The summed E-state index contributed by atoms with van der Waals surface area (Å²) in [6.45, 7) is 5.21. The Morgan fingerprint density at radius 2 is 2.11 bits per heavy atom. The third kappa shape index (κ3) is 3.86. The first-order valence-electron chi connectivity index (χ1n) is 5.39. The van der Waals surface area contributed by atoms with Crippen LogP contribution in [0.4, 0.5) is 5.69 Å². The van der Waals surface area contributed by atoms with E-state index in [1.54, 1.807) is 51.1 Å². The van der Waals surface area contributed by atoms with Gasteiger partial charge in [0, 0.05) is 10.4 Å². The van der Waals surface area contributed by atoms with E-state index in [4.69, 9.17) is 16.9 Å². The Morgan fingerprint density at radius 1 is 1.44 bits per heavy atom. The summed E-state index contributed by atoms with van der Waals surface area (Å²) in [6, 6.07) is 8.67. The summed E-state index contributed by atoms with van der Waals surface area (Å²) in [5.41, 5.74) is 2.49. The van der Waals surface area contributed by atoms with Crippen LogP contribution in [-0.2, 0) is 4.79 Å². The van der Waals surface area contributed by atoms with Gasteiger partial charge in [0.25, 0.3) is 0 Å². The molecule has 1 N–H and O–H groups in total. The highest BCUT2D eigenvalue weighted by Gasteiger charge is 2.26. The molecule has 18 heavy (non-hydrogen) atoms. The summed E-state index contributed by atoms with van der Waals surface area (Å²) in [5, 5.41) is 13.3. The molecule has 5 heteroatoms. The first-order valence-corrected chi connectivity index (χ1v) is 5.76. The van der Waals surface area contributed by atoms with Crippen molar-refractivity contribution in [3.63, 3.8) is 0 Å². The highest BCUT2D eigenvalue weighted by atomic mass is 35.5. The first-order chi connectivity index (χ1) is 8.34. The van der Waals surface area contributed by atoms with Crippen molar-refractivity contribution in [1.82, 2.24) is 0 Å². The predicted octanol–water partition coefficient (Wildman–Crippen LogP) is 3.25. The van der Waals surface area contributed by atoms with Crippen LogP contribution in [0.5, 0.6) is 0 Å². The first kappa shape index (κ1) is 14.2. The molecular weight excluding hydrogens is 250 g/mol. The summed E-state index contributed by atoms with van der Waals surface area (Å²) in [6.07, 6.45) is 0. The van der Waals surface area contributed by atoms with Crippen molar-refractivity contribution in [3.05, 3.63) is 29.3 Å². The molecule has 0 saturated carbocycles. The molecule has 0 heterocycles. The van der Waals surface area contributed by atoms with E-state index >= 15 is 0 Å². The standard InChI is InChI=1S/C13H14ClN3O/c1-13(2,3)12(18)11(8-15)17-16-10-6-4-5-9(14)7-10/h4-7,16H,1-3H3/b17-11+. The van der Waals surface area contributed by atoms with Crippen LogP contribution in [0.1, 0.15) is 20.8 Å². The van der Waals surface area contributed by atoms with Crippen LogP contribution in [0.3, 0.4) is 0 Å². The minimum absolute atomic E-state index is 0.150. The molecule has 4 nitrogen and oxygen atoms in total. The molecule has 0 bridgehead atoms. The second-order valence-corrected chi connectivity index (χ2v) is 5.21. The number of nitrogens with zero attached hydrogens (tertiary/aromatic N) is 2. The molecule has 1 aromatic carbocycles. The van der Waals surface area contributed by atoms with E-state index < -0.39 is 5.41 Å². The second-order valence-electron chi connectivity index (χ2n) is 4.77. The van der Waals surface area contributed by atoms with Crippen molar-refractivity contribution >= 4 is 28.8 Å². The summed E-state index contributed by atoms with van der Waals surface area (Å²) in [4.78, 5) is 11.9. The molecule has 0 aromatic heterocycles. The Morgan fingerprint density at radius 3 is 2.61 bits per heavy atom. The molecule has 0 spiro atoms. The van der Waals surface area contributed by atoms with E-state index in [9.17, 15) is 4.79 Å². The van der Waals surface area contributed by atoms with Gasteiger partial charge in [-0.05, 0) is 18.2 Å². The largest absolute Gasteiger partial charge is 0.291 e. The smallest absolute Gasteiger partial charge is 0.204 e. The van der Waals surface area contributed by atoms with E-state index in [0.717, 1.165) is 0 Å². The maximum Gasteiger partial charge on any atom is 0.204 e. The molecule has 1 rings (SSSR count). The van der Waals surface area contributed by atoms with E-state index in [1.807, 2.05) is 0 Å². The minimum atomic E-state index is -0.634. The maximum absolute atomic E-state index is 11.9. The van der Waals surface area contributed by atoms with Gasteiger partial charge in [-0.2, -0.15) is 10.4 Å². The minimum Gasteiger partial charge on any atom is -0.291 e. The second kappa shape index (κ2) is 5.65. The number of Topliss-reactive ketones (excluding diaryl/α,β-unsaturated/α-hetero) is 1. The molecule has 0 aliphatic rings. The zero-order chi connectivity index (χ0) is 13.8. The number of nitrogens with one attached hydrogen (secondary N) is 1. The molecule has 0 fully saturated rings. The fourth-order valence-corrected chi connectivity index (χ4v) is 1.35. The SMILES string of the molecule is CC(C)(C)C(=O)/C(C#N)=N/Nc1cccc(Cl)c1. The number of benzene rings is 1. The number of rotatable bonds is 3. The number of carbonyl (C=O) groups is 1. The van der Waals surface area contributed by atoms with E-state index in [1.165, 1.54) is 0 Å². The fourth-order valence-electron chi connectivity index (χ4n) is 1.16.